The maximum absolute atomic E-state index is 13.5. The summed E-state index contributed by atoms with van der Waals surface area (Å²) in [5.41, 5.74) is 0.946. The second-order valence-electron chi connectivity index (χ2n) is 3.89. The van der Waals surface area contributed by atoms with Gasteiger partial charge in [0, 0.05) is 17.3 Å². The van der Waals surface area contributed by atoms with E-state index < -0.39 is 0 Å². The Morgan fingerprint density at radius 3 is 2.67 bits per heavy atom. The molecule has 5 heteroatoms. The van der Waals surface area contributed by atoms with Crippen LogP contribution in [-0.2, 0) is 6.42 Å². The SMILES string of the molecule is CNC(Cc1ccc(Br)s1)c1cccc(F)c1Br. The lowest BCUT2D eigenvalue weighted by Crippen LogP contribution is -2.19. The smallest absolute Gasteiger partial charge is 0.137 e. The van der Waals surface area contributed by atoms with Gasteiger partial charge in [0.2, 0.25) is 0 Å². The fourth-order valence-electron chi connectivity index (χ4n) is 1.82. The Kier molecular flexibility index (Phi) is 4.95. The largest absolute Gasteiger partial charge is 0.313 e. The minimum absolute atomic E-state index is 0.0978. The van der Waals surface area contributed by atoms with Crippen LogP contribution >= 0.6 is 43.2 Å². The Hall–Kier alpha value is -0.230. The van der Waals surface area contributed by atoms with Crippen LogP contribution in [0.3, 0.4) is 0 Å². The van der Waals surface area contributed by atoms with Crippen molar-refractivity contribution < 1.29 is 4.39 Å². The highest BCUT2D eigenvalue weighted by molar-refractivity contribution is 9.11. The average molecular weight is 393 g/mol. The molecule has 1 aromatic heterocycles. The van der Waals surface area contributed by atoms with E-state index in [-0.39, 0.29) is 11.9 Å². The molecule has 1 atom stereocenters. The lowest BCUT2D eigenvalue weighted by molar-refractivity contribution is 0.574. The van der Waals surface area contributed by atoms with Crippen LogP contribution in [0.5, 0.6) is 0 Å². The van der Waals surface area contributed by atoms with Gasteiger partial charge in [-0.05, 0) is 62.7 Å². The average Bonchev–Trinajstić information content (AvgIpc) is 2.76. The minimum atomic E-state index is -0.222. The van der Waals surface area contributed by atoms with E-state index in [1.54, 1.807) is 17.4 Å². The highest BCUT2D eigenvalue weighted by atomic mass is 79.9. The molecule has 1 heterocycles. The van der Waals surface area contributed by atoms with Crippen molar-refractivity contribution in [1.29, 1.82) is 0 Å². The van der Waals surface area contributed by atoms with Gasteiger partial charge in [-0.15, -0.1) is 11.3 Å². The van der Waals surface area contributed by atoms with Gasteiger partial charge in [-0.2, -0.15) is 0 Å². The molecular weight excluding hydrogens is 381 g/mol. The molecule has 18 heavy (non-hydrogen) atoms. The van der Waals surface area contributed by atoms with Crippen molar-refractivity contribution in [3.63, 3.8) is 0 Å². The molecule has 0 aliphatic carbocycles. The zero-order valence-corrected chi connectivity index (χ0v) is 13.7. The summed E-state index contributed by atoms with van der Waals surface area (Å²) >= 11 is 8.48. The van der Waals surface area contributed by atoms with Gasteiger partial charge in [-0.3, -0.25) is 0 Å². The van der Waals surface area contributed by atoms with Crippen LogP contribution < -0.4 is 5.32 Å². The summed E-state index contributed by atoms with van der Waals surface area (Å²) in [5, 5.41) is 3.24. The molecule has 1 unspecified atom stereocenters. The Labute approximate surface area is 127 Å². The normalized spacial score (nSPS) is 12.7. The number of nitrogens with one attached hydrogen (secondary N) is 1. The minimum Gasteiger partial charge on any atom is -0.313 e. The second-order valence-corrected chi connectivity index (χ2v) is 7.23. The zero-order chi connectivity index (χ0) is 13.1. The monoisotopic (exact) mass is 391 g/mol. The van der Waals surface area contributed by atoms with Crippen molar-refractivity contribution in [3.8, 4) is 0 Å². The van der Waals surface area contributed by atoms with E-state index >= 15 is 0 Å². The van der Waals surface area contributed by atoms with Crippen molar-refractivity contribution in [3.05, 3.63) is 54.8 Å². The molecule has 0 amide bonds. The first-order valence-corrected chi connectivity index (χ1v) is 7.87. The Morgan fingerprint density at radius 2 is 2.06 bits per heavy atom. The maximum Gasteiger partial charge on any atom is 0.137 e. The summed E-state index contributed by atoms with van der Waals surface area (Å²) in [7, 11) is 1.89. The molecule has 1 N–H and O–H groups in total. The van der Waals surface area contributed by atoms with Crippen molar-refractivity contribution in [2.75, 3.05) is 7.05 Å². The first-order valence-electron chi connectivity index (χ1n) is 5.47. The molecule has 0 bridgehead atoms. The van der Waals surface area contributed by atoms with E-state index in [0.29, 0.717) is 4.47 Å². The molecule has 0 aliphatic heterocycles. The van der Waals surface area contributed by atoms with Crippen LogP contribution in [0.2, 0.25) is 0 Å². The van der Waals surface area contributed by atoms with E-state index in [9.17, 15) is 4.39 Å². The predicted molar refractivity (Wildman–Crippen MR) is 81.6 cm³/mol. The fourth-order valence-corrected chi connectivity index (χ4v) is 3.89. The predicted octanol–water partition coefficient (Wildman–Crippen LogP) is 4.92. The fraction of sp³-hybridized carbons (Fsp3) is 0.231. The number of likely N-dealkylation sites (N-methyl/N-ethyl adjacent to an activating group) is 1. The standard InChI is InChI=1S/C13H12Br2FNS/c1-17-11(7-8-5-6-12(14)18-8)9-3-2-4-10(16)13(9)15/h2-6,11,17H,7H2,1H3. The van der Waals surface area contributed by atoms with Gasteiger partial charge in [-0.1, -0.05) is 12.1 Å². The maximum atomic E-state index is 13.5. The molecule has 0 aliphatic rings. The molecule has 0 spiro atoms. The molecule has 0 fully saturated rings. The summed E-state index contributed by atoms with van der Waals surface area (Å²) < 4.78 is 15.2. The molecule has 0 radical (unpaired) electrons. The zero-order valence-electron chi connectivity index (χ0n) is 9.71. The third kappa shape index (κ3) is 3.20. The summed E-state index contributed by atoms with van der Waals surface area (Å²) in [6, 6.07) is 9.36. The van der Waals surface area contributed by atoms with Crippen LogP contribution in [0.1, 0.15) is 16.5 Å². The molecule has 96 valence electrons. The summed E-state index contributed by atoms with van der Waals surface area (Å²) in [5.74, 6) is -0.222. The first kappa shape index (κ1) is 14.2. The van der Waals surface area contributed by atoms with Gasteiger partial charge in [0.05, 0.1) is 8.26 Å². The molecule has 2 aromatic rings. The molecule has 1 aromatic carbocycles. The number of benzene rings is 1. The number of rotatable bonds is 4. The van der Waals surface area contributed by atoms with E-state index in [0.717, 1.165) is 15.8 Å². The molecule has 1 nitrogen and oxygen atoms in total. The third-order valence-electron chi connectivity index (χ3n) is 2.74. The van der Waals surface area contributed by atoms with Crippen molar-refractivity contribution >= 4 is 43.2 Å². The van der Waals surface area contributed by atoms with Gasteiger partial charge in [-0.25, -0.2) is 4.39 Å². The molecule has 0 saturated carbocycles. The van der Waals surface area contributed by atoms with Crippen molar-refractivity contribution in [2.45, 2.75) is 12.5 Å². The highest BCUT2D eigenvalue weighted by Crippen LogP contribution is 2.31. The number of hydrogen-bond acceptors (Lipinski definition) is 2. The second kappa shape index (κ2) is 6.28. The van der Waals surface area contributed by atoms with Crippen LogP contribution in [0, 0.1) is 5.82 Å². The van der Waals surface area contributed by atoms with Crippen LogP contribution in [0.15, 0.2) is 38.6 Å². The summed E-state index contributed by atoms with van der Waals surface area (Å²) in [4.78, 5) is 1.26. The number of halogens is 3. The molecular formula is C13H12Br2FNS. The van der Waals surface area contributed by atoms with E-state index in [1.807, 2.05) is 19.2 Å². The Bertz CT molecular complexity index is 542. The van der Waals surface area contributed by atoms with Gasteiger partial charge in [0.15, 0.2) is 0 Å². The summed E-state index contributed by atoms with van der Waals surface area (Å²) in [6.07, 6.45) is 0.842. The first-order chi connectivity index (χ1) is 8.61. The third-order valence-corrected chi connectivity index (χ3v) is 5.22. The topological polar surface area (TPSA) is 12.0 Å². The highest BCUT2D eigenvalue weighted by Gasteiger charge is 2.16. The number of hydrogen-bond donors (Lipinski definition) is 1. The lowest BCUT2D eigenvalue weighted by atomic mass is 10.0. The van der Waals surface area contributed by atoms with Gasteiger partial charge >= 0.3 is 0 Å². The van der Waals surface area contributed by atoms with Crippen molar-refractivity contribution in [1.82, 2.24) is 5.32 Å². The van der Waals surface area contributed by atoms with Crippen molar-refractivity contribution in [2.24, 2.45) is 0 Å². The van der Waals surface area contributed by atoms with Crippen LogP contribution in [0.4, 0.5) is 4.39 Å². The molecule has 2 rings (SSSR count). The Balaban J connectivity index is 2.25. The Morgan fingerprint density at radius 1 is 1.28 bits per heavy atom. The van der Waals surface area contributed by atoms with E-state index in [2.05, 4.69) is 43.2 Å². The lowest BCUT2D eigenvalue weighted by Gasteiger charge is -2.17. The van der Waals surface area contributed by atoms with Crippen LogP contribution in [0.25, 0.3) is 0 Å². The number of thiophene rings is 1. The van der Waals surface area contributed by atoms with Gasteiger partial charge in [0.1, 0.15) is 5.82 Å². The van der Waals surface area contributed by atoms with Gasteiger partial charge < -0.3 is 5.32 Å². The molecule has 0 saturated heterocycles. The van der Waals surface area contributed by atoms with E-state index in [4.69, 9.17) is 0 Å². The van der Waals surface area contributed by atoms with E-state index in [1.165, 1.54) is 10.9 Å². The van der Waals surface area contributed by atoms with Crippen LogP contribution in [-0.4, -0.2) is 7.05 Å². The quantitative estimate of drug-likeness (QED) is 0.778. The summed E-state index contributed by atoms with van der Waals surface area (Å²) in [6.45, 7) is 0. The van der Waals surface area contributed by atoms with Gasteiger partial charge in [0.25, 0.3) is 0 Å².